The molecule has 114 valence electrons. The summed E-state index contributed by atoms with van der Waals surface area (Å²) in [5, 5.41) is 7.50. The molecule has 0 bridgehead atoms. The van der Waals surface area contributed by atoms with E-state index in [9.17, 15) is 4.79 Å². The third kappa shape index (κ3) is 4.77. The van der Waals surface area contributed by atoms with Crippen LogP contribution in [0.1, 0.15) is 12.5 Å². The number of piperazine rings is 1. The number of nitrogens with zero attached hydrogens (tertiary/aromatic N) is 4. The molecule has 0 saturated carbocycles. The predicted octanol–water partition coefficient (Wildman–Crippen LogP) is 0.188. The predicted molar refractivity (Wildman–Crippen MR) is 80.9 cm³/mol. The lowest BCUT2D eigenvalue weighted by molar-refractivity contribution is -0.132. The van der Waals surface area contributed by atoms with Gasteiger partial charge < -0.3 is 10.2 Å². The van der Waals surface area contributed by atoms with Crippen molar-refractivity contribution in [1.29, 1.82) is 0 Å². The summed E-state index contributed by atoms with van der Waals surface area (Å²) in [5.41, 5.74) is 1.15. The summed E-state index contributed by atoms with van der Waals surface area (Å²) in [6, 6.07) is 0. The van der Waals surface area contributed by atoms with E-state index >= 15 is 0 Å². The van der Waals surface area contributed by atoms with E-state index in [0.29, 0.717) is 6.54 Å². The van der Waals surface area contributed by atoms with E-state index in [1.54, 1.807) is 0 Å². The van der Waals surface area contributed by atoms with Crippen LogP contribution in [0.5, 0.6) is 0 Å². The van der Waals surface area contributed by atoms with Gasteiger partial charge in [-0.15, -0.1) is 12.4 Å². The number of nitrogens with one attached hydrogen (secondary N) is 1. The molecule has 1 fully saturated rings. The van der Waals surface area contributed by atoms with Crippen molar-refractivity contribution in [2.75, 3.05) is 39.8 Å². The van der Waals surface area contributed by atoms with Gasteiger partial charge >= 0.3 is 0 Å². The summed E-state index contributed by atoms with van der Waals surface area (Å²) in [7, 11) is 1.98. The molecule has 0 spiro atoms. The van der Waals surface area contributed by atoms with Crippen LogP contribution in [-0.2, 0) is 17.9 Å². The standard InChI is InChI=1S/C13H23N5O.ClH/c1-3-18-10-12(8-15-18)9-16(2)11-13(19)17-6-4-14-5-7-17;/h8,10,14H,3-7,9,11H2,1-2H3;1H. The highest BCUT2D eigenvalue weighted by Gasteiger charge is 2.17. The number of rotatable bonds is 5. The van der Waals surface area contributed by atoms with Crippen LogP contribution in [0.2, 0.25) is 0 Å². The fraction of sp³-hybridized carbons (Fsp3) is 0.692. The van der Waals surface area contributed by atoms with Gasteiger partial charge in [0, 0.05) is 51.0 Å². The van der Waals surface area contributed by atoms with E-state index in [-0.39, 0.29) is 18.3 Å². The van der Waals surface area contributed by atoms with Gasteiger partial charge in [0.05, 0.1) is 12.7 Å². The second kappa shape index (κ2) is 8.24. The highest BCUT2D eigenvalue weighted by atomic mass is 35.5. The maximum Gasteiger partial charge on any atom is 0.236 e. The Bertz CT molecular complexity index is 417. The molecule has 0 radical (unpaired) electrons. The smallest absolute Gasteiger partial charge is 0.236 e. The summed E-state index contributed by atoms with van der Waals surface area (Å²) < 4.78 is 1.90. The number of carbonyl (C=O) groups is 1. The molecule has 20 heavy (non-hydrogen) atoms. The molecule has 1 aliphatic heterocycles. The van der Waals surface area contributed by atoms with E-state index < -0.39 is 0 Å². The Hall–Kier alpha value is -1.11. The molecule has 1 N–H and O–H groups in total. The van der Waals surface area contributed by atoms with E-state index in [1.807, 2.05) is 33.9 Å². The second-order valence-corrected chi connectivity index (χ2v) is 5.01. The van der Waals surface area contributed by atoms with Crippen LogP contribution in [-0.4, -0.2) is 65.3 Å². The molecule has 2 rings (SSSR count). The zero-order chi connectivity index (χ0) is 13.7. The lowest BCUT2D eigenvalue weighted by atomic mass is 10.3. The Labute approximate surface area is 126 Å². The summed E-state index contributed by atoms with van der Waals surface area (Å²) >= 11 is 0. The SMILES string of the molecule is CCn1cc(CN(C)CC(=O)N2CCNCC2)cn1.Cl. The first-order chi connectivity index (χ1) is 9.19. The van der Waals surface area contributed by atoms with Gasteiger partial charge in [0.2, 0.25) is 5.91 Å². The van der Waals surface area contributed by atoms with Gasteiger partial charge in [0.25, 0.3) is 0 Å². The Morgan fingerprint density at radius 2 is 2.15 bits per heavy atom. The molecule has 1 amide bonds. The Morgan fingerprint density at radius 3 is 2.75 bits per heavy atom. The highest BCUT2D eigenvalue weighted by Crippen LogP contribution is 2.03. The van der Waals surface area contributed by atoms with Gasteiger partial charge in [-0.3, -0.25) is 14.4 Å². The molecule has 1 aromatic rings. The van der Waals surface area contributed by atoms with Crippen molar-refractivity contribution in [2.45, 2.75) is 20.0 Å². The van der Waals surface area contributed by atoms with E-state index in [1.165, 1.54) is 0 Å². The average Bonchev–Trinajstić information content (AvgIpc) is 2.87. The maximum absolute atomic E-state index is 12.1. The monoisotopic (exact) mass is 301 g/mol. The van der Waals surface area contributed by atoms with Crippen LogP contribution >= 0.6 is 12.4 Å². The quantitative estimate of drug-likeness (QED) is 0.843. The summed E-state index contributed by atoms with van der Waals surface area (Å²) in [4.78, 5) is 16.1. The molecular formula is C13H24ClN5O. The number of halogens is 1. The lowest BCUT2D eigenvalue weighted by Crippen LogP contribution is -2.49. The molecule has 2 heterocycles. The van der Waals surface area contributed by atoms with Gasteiger partial charge in [-0.05, 0) is 14.0 Å². The zero-order valence-corrected chi connectivity index (χ0v) is 13.0. The van der Waals surface area contributed by atoms with Crippen molar-refractivity contribution in [3.63, 3.8) is 0 Å². The van der Waals surface area contributed by atoms with Crippen LogP contribution < -0.4 is 5.32 Å². The van der Waals surface area contributed by atoms with E-state index in [0.717, 1.165) is 44.8 Å². The first-order valence-electron chi connectivity index (χ1n) is 6.87. The molecule has 0 atom stereocenters. The second-order valence-electron chi connectivity index (χ2n) is 5.01. The Morgan fingerprint density at radius 1 is 1.45 bits per heavy atom. The van der Waals surface area contributed by atoms with Gasteiger partial charge in [-0.25, -0.2) is 0 Å². The molecule has 1 aliphatic rings. The zero-order valence-electron chi connectivity index (χ0n) is 12.2. The Balaban J connectivity index is 0.00000200. The number of aromatic nitrogens is 2. The van der Waals surface area contributed by atoms with Crippen molar-refractivity contribution in [3.8, 4) is 0 Å². The number of amides is 1. The van der Waals surface area contributed by atoms with Crippen LogP contribution in [0.3, 0.4) is 0 Å². The molecular weight excluding hydrogens is 278 g/mol. The van der Waals surface area contributed by atoms with Crippen LogP contribution in [0.15, 0.2) is 12.4 Å². The van der Waals surface area contributed by atoms with Gasteiger partial charge in [-0.1, -0.05) is 0 Å². The van der Waals surface area contributed by atoms with Gasteiger partial charge in [0.15, 0.2) is 0 Å². The molecule has 6 nitrogen and oxygen atoms in total. The molecule has 1 saturated heterocycles. The first kappa shape index (κ1) is 16.9. The summed E-state index contributed by atoms with van der Waals surface area (Å²) in [6.07, 6.45) is 3.90. The van der Waals surface area contributed by atoms with Crippen LogP contribution in [0.4, 0.5) is 0 Å². The molecule has 1 aromatic heterocycles. The van der Waals surface area contributed by atoms with Crippen molar-refractivity contribution in [3.05, 3.63) is 18.0 Å². The minimum Gasteiger partial charge on any atom is -0.339 e. The summed E-state index contributed by atoms with van der Waals surface area (Å²) in [6.45, 7) is 7.62. The number of aryl methyl sites for hydroxylation is 1. The van der Waals surface area contributed by atoms with E-state index in [2.05, 4.69) is 17.3 Å². The van der Waals surface area contributed by atoms with Crippen molar-refractivity contribution < 1.29 is 4.79 Å². The third-order valence-electron chi connectivity index (χ3n) is 3.34. The van der Waals surface area contributed by atoms with Crippen molar-refractivity contribution in [2.24, 2.45) is 0 Å². The number of hydrogen-bond donors (Lipinski definition) is 1. The van der Waals surface area contributed by atoms with Gasteiger partial charge in [0.1, 0.15) is 0 Å². The largest absolute Gasteiger partial charge is 0.339 e. The van der Waals surface area contributed by atoms with Crippen molar-refractivity contribution in [1.82, 2.24) is 24.9 Å². The number of carbonyl (C=O) groups excluding carboxylic acids is 1. The summed E-state index contributed by atoms with van der Waals surface area (Å²) in [5.74, 6) is 0.215. The fourth-order valence-corrected chi connectivity index (χ4v) is 2.27. The molecule has 0 unspecified atom stereocenters. The number of hydrogen-bond acceptors (Lipinski definition) is 4. The van der Waals surface area contributed by atoms with Crippen molar-refractivity contribution >= 4 is 18.3 Å². The highest BCUT2D eigenvalue weighted by molar-refractivity contribution is 5.85. The van der Waals surface area contributed by atoms with E-state index in [4.69, 9.17) is 0 Å². The average molecular weight is 302 g/mol. The topological polar surface area (TPSA) is 53.4 Å². The maximum atomic E-state index is 12.1. The molecule has 0 aromatic carbocycles. The lowest BCUT2D eigenvalue weighted by Gasteiger charge is -2.29. The molecule has 7 heteroatoms. The normalized spacial score (nSPS) is 15.2. The fourth-order valence-electron chi connectivity index (χ4n) is 2.27. The number of likely N-dealkylation sites (N-methyl/N-ethyl adjacent to an activating group) is 1. The minimum atomic E-state index is 0. The minimum absolute atomic E-state index is 0. The van der Waals surface area contributed by atoms with Crippen LogP contribution in [0, 0.1) is 0 Å². The Kier molecular flexibility index (Phi) is 6.98. The molecule has 0 aliphatic carbocycles. The first-order valence-corrected chi connectivity index (χ1v) is 6.87. The van der Waals surface area contributed by atoms with Crippen LogP contribution in [0.25, 0.3) is 0 Å². The van der Waals surface area contributed by atoms with Gasteiger partial charge in [-0.2, -0.15) is 5.10 Å². The third-order valence-corrected chi connectivity index (χ3v) is 3.34.